The van der Waals surface area contributed by atoms with E-state index in [-0.39, 0.29) is 30.6 Å². The molecule has 0 heterocycles. The zero-order valence-electron chi connectivity index (χ0n) is 16.7. The Morgan fingerprint density at radius 2 is 1.81 bits per heavy atom. The molecule has 0 saturated heterocycles. The van der Waals surface area contributed by atoms with Crippen LogP contribution in [-0.2, 0) is 16.1 Å². The van der Waals surface area contributed by atoms with Crippen LogP contribution >= 0.6 is 24.0 Å². The normalized spacial score (nSPS) is 12.3. The molecule has 0 aliphatic carbocycles. The van der Waals surface area contributed by atoms with Gasteiger partial charge in [0.05, 0.1) is 25.9 Å². The highest BCUT2D eigenvalue weighted by Crippen LogP contribution is 2.01. The summed E-state index contributed by atoms with van der Waals surface area (Å²) in [5.41, 5.74) is 1.10. The summed E-state index contributed by atoms with van der Waals surface area (Å²) < 4.78 is 11.1. The Morgan fingerprint density at radius 3 is 2.52 bits per heavy atom. The van der Waals surface area contributed by atoms with E-state index in [4.69, 9.17) is 9.47 Å². The van der Waals surface area contributed by atoms with E-state index in [1.54, 1.807) is 0 Å². The predicted molar refractivity (Wildman–Crippen MR) is 122 cm³/mol. The van der Waals surface area contributed by atoms with Crippen molar-refractivity contribution in [3.63, 3.8) is 0 Å². The van der Waals surface area contributed by atoms with Gasteiger partial charge in [-0.1, -0.05) is 43.7 Å². The van der Waals surface area contributed by atoms with E-state index in [0.717, 1.165) is 51.1 Å². The van der Waals surface area contributed by atoms with Crippen LogP contribution in [0.3, 0.4) is 0 Å². The number of rotatable bonds is 14. The molecule has 0 fully saturated rings. The summed E-state index contributed by atoms with van der Waals surface area (Å²) in [6.07, 6.45) is 2.58. The predicted octanol–water partition coefficient (Wildman–Crippen LogP) is 2.94. The van der Waals surface area contributed by atoms with Crippen LogP contribution < -0.4 is 10.6 Å². The van der Waals surface area contributed by atoms with Gasteiger partial charge in [0, 0.05) is 26.3 Å². The van der Waals surface area contributed by atoms with Gasteiger partial charge in [0.1, 0.15) is 0 Å². The van der Waals surface area contributed by atoms with E-state index in [2.05, 4.69) is 22.5 Å². The summed E-state index contributed by atoms with van der Waals surface area (Å²) in [6, 6.07) is 9.93. The fourth-order valence-electron chi connectivity index (χ4n) is 2.21. The summed E-state index contributed by atoms with van der Waals surface area (Å²) in [5, 5.41) is 16.5. The van der Waals surface area contributed by atoms with Crippen molar-refractivity contribution in [2.45, 2.75) is 45.8 Å². The van der Waals surface area contributed by atoms with Crippen LogP contribution in [0.1, 0.15) is 38.7 Å². The van der Waals surface area contributed by atoms with Gasteiger partial charge in [-0.15, -0.1) is 24.0 Å². The second kappa shape index (κ2) is 18.5. The molecule has 1 aromatic rings. The van der Waals surface area contributed by atoms with Crippen molar-refractivity contribution >= 4 is 29.9 Å². The monoisotopic (exact) mass is 493 g/mol. The average Bonchev–Trinajstić information content (AvgIpc) is 2.66. The van der Waals surface area contributed by atoms with Crippen LogP contribution in [0, 0.1) is 0 Å². The second-order valence-corrected chi connectivity index (χ2v) is 6.12. The Kier molecular flexibility index (Phi) is 17.8. The van der Waals surface area contributed by atoms with Gasteiger partial charge in [0.2, 0.25) is 0 Å². The summed E-state index contributed by atoms with van der Waals surface area (Å²) in [4.78, 5) is 4.41. The third-order valence-electron chi connectivity index (χ3n) is 3.63. The van der Waals surface area contributed by atoms with Crippen LogP contribution in [0.2, 0.25) is 0 Å². The van der Waals surface area contributed by atoms with Crippen molar-refractivity contribution in [1.29, 1.82) is 0 Å². The number of aliphatic hydroxyl groups is 1. The standard InChI is InChI=1S/C20H35N3O3.HI/c1-3-5-13-25-14-9-12-22-20(21-4-2)23-15-19(24)17-26-16-18-10-7-6-8-11-18;/h6-8,10-11,19,24H,3-5,9,12-17H2,1-2H3,(H2,21,22,23);1H. The van der Waals surface area contributed by atoms with Crippen LogP contribution in [-0.4, -0.2) is 56.6 Å². The van der Waals surface area contributed by atoms with Crippen LogP contribution in [0.5, 0.6) is 0 Å². The molecule has 1 atom stereocenters. The molecule has 27 heavy (non-hydrogen) atoms. The number of halogens is 1. The van der Waals surface area contributed by atoms with Gasteiger partial charge in [-0.2, -0.15) is 0 Å². The first-order chi connectivity index (χ1) is 12.8. The van der Waals surface area contributed by atoms with Gasteiger partial charge in [-0.05, 0) is 25.3 Å². The van der Waals surface area contributed by atoms with Gasteiger partial charge in [-0.25, -0.2) is 0 Å². The number of benzene rings is 1. The largest absolute Gasteiger partial charge is 0.389 e. The first kappa shape index (κ1) is 26.1. The van der Waals surface area contributed by atoms with Gasteiger partial charge in [0.25, 0.3) is 0 Å². The molecular formula is C20H36IN3O3. The molecule has 1 aromatic carbocycles. The molecule has 3 N–H and O–H groups in total. The quantitative estimate of drug-likeness (QED) is 0.161. The first-order valence-electron chi connectivity index (χ1n) is 9.65. The Labute approximate surface area is 181 Å². The third-order valence-corrected chi connectivity index (χ3v) is 3.63. The molecule has 0 aromatic heterocycles. The number of hydrogen-bond acceptors (Lipinski definition) is 4. The smallest absolute Gasteiger partial charge is 0.191 e. The fraction of sp³-hybridized carbons (Fsp3) is 0.650. The molecule has 156 valence electrons. The van der Waals surface area contributed by atoms with E-state index >= 15 is 0 Å². The molecule has 1 unspecified atom stereocenters. The lowest BCUT2D eigenvalue weighted by Crippen LogP contribution is -2.39. The van der Waals surface area contributed by atoms with Crippen molar-refractivity contribution in [2.24, 2.45) is 4.99 Å². The Morgan fingerprint density at radius 1 is 1.07 bits per heavy atom. The van der Waals surface area contributed by atoms with Crippen LogP contribution in [0.25, 0.3) is 0 Å². The van der Waals surface area contributed by atoms with Crippen molar-refractivity contribution < 1.29 is 14.6 Å². The number of aliphatic imine (C=N–C) groups is 1. The van der Waals surface area contributed by atoms with E-state index in [1.807, 2.05) is 37.3 Å². The molecule has 6 nitrogen and oxygen atoms in total. The number of guanidine groups is 1. The number of ether oxygens (including phenoxy) is 2. The highest BCUT2D eigenvalue weighted by atomic mass is 127. The molecule has 1 rings (SSSR count). The van der Waals surface area contributed by atoms with Gasteiger partial charge in [-0.3, -0.25) is 4.99 Å². The summed E-state index contributed by atoms with van der Waals surface area (Å²) in [5.74, 6) is 0.711. The van der Waals surface area contributed by atoms with Crippen LogP contribution in [0.4, 0.5) is 0 Å². The van der Waals surface area contributed by atoms with E-state index in [1.165, 1.54) is 0 Å². The van der Waals surface area contributed by atoms with Crippen molar-refractivity contribution in [2.75, 3.05) is 39.5 Å². The number of aliphatic hydroxyl groups excluding tert-OH is 1. The van der Waals surface area contributed by atoms with Crippen molar-refractivity contribution in [3.05, 3.63) is 35.9 Å². The minimum atomic E-state index is -0.619. The fourth-order valence-corrected chi connectivity index (χ4v) is 2.21. The number of nitrogens with one attached hydrogen (secondary N) is 2. The average molecular weight is 493 g/mol. The summed E-state index contributed by atoms with van der Waals surface area (Å²) in [7, 11) is 0. The highest BCUT2D eigenvalue weighted by molar-refractivity contribution is 14.0. The molecule has 0 spiro atoms. The molecule has 7 heteroatoms. The van der Waals surface area contributed by atoms with Crippen LogP contribution in [0.15, 0.2) is 35.3 Å². The minimum Gasteiger partial charge on any atom is -0.389 e. The third kappa shape index (κ3) is 14.8. The van der Waals surface area contributed by atoms with E-state index in [0.29, 0.717) is 19.1 Å². The molecule has 0 aliphatic rings. The zero-order valence-corrected chi connectivity index (χ0v) is 19.0. The molecule has 0 amide bonds. The summed E-state index contributed by atoms with van der Waals surface area (Å²) in [6.45, 7) is 8.40. The Balaban J connectivity index is 0.00000676. The van der Waals surface area contributed by atoms with Gasteiger partial charge < -0.3 is 25.2 Å². The van der Waals surface area contributed by atoms with Crippen molar-refractivity contribution in [1.82, 2.24) is 10.6 Å². The molecule has 0 aliphatic heterocycles. The maximum atomic E-state index is 10.0. The lowest BCUT2D eigenvalue weighted by atomic mass is 10.2. The Hall–Kier alpha value is -0.900. The minimum absolute atomic E-state index is 0. The molecule has 0 radical (unpaired) electrons. The Bertz CT molecular complexity index is 475. The van der Waals surface area contributed by atoms with Gasteiger partial charge in [0.15, 0.2) is 5.96 Å². The topological polar surface area (TPSA) is 75.1 Å². The number of nitrogens with zero attached hydrogens (tertiary/aromatic N) is 1. The zero-order chi connectivity index (χ0) is 18.9. The highest BCUT2D eigenvalue weighted by Gasteiger charge is 2.05. The lowest BCUT2D eigenvalue weighted by Gasteiger charge is -2.13. The van der Waals surface area contributed by atoms with Gasteiger partial charge >= 0.3 is 0 Å². The molecule has 0 bridgehead atoms. The SMILES string of the molecule is CCCCOCCCNC(=NCC(O)COCc1ccccc1)NCC.I. The maximum absolute atomic E-state index is 10.0. The molecule has 0 saturated carbocycles. The molecular weight excluding hydrogens is 457 g/mol. The maximum Gasteiger partial charge on any atom is 0.191 e. The first-order valence-corrected chi connectivity index (χ1v) is 9.65. The van der Waals surface area contributed by atoms with E-state index < -0.39 is 6.10 Å². The van der Waals surface area contributed by atoms with Crippen molar-refractivity contribution in [3.8, 4) is 0 Å². The van der Waals surface area contributed by atoms with E-state index in [9.17, 15) is 5.11 Å². The number of unbranched alkanes of at least 4 members (excludes halogenated alkanes) is 1. The lowest BCUT2D eigenvalue weighted by molar-refractivity contribution is 0.0331. The summed E-state index contributed by atoms with van der Waals surface area (Å²) >= 11 is 0. The number of hydrogen-bond donors (Lipinski definition) is 3. The second-order valence-electron chi connectivity index (χ2n) is 6.12.